The zero-order chi connectivity index (χ0) is 15.4. The Hall–Kier alpha value is -1.63. The lowest BCUT2D eigenvalue weighted by Crippen LogP contribution is -2.44. The van der Waals surface area contributed by atoms with Crippen molar-refractivity contribution in [2.45, 2.75) is 51.6 Å². The van der Waals surface area contributed by atoms with Crippen molar-refractivity contribution in [3.05, 3.63) is 16.1 Å². The monoisotopic (exact) mass is 311 g/mol. The second kappa shape index (κ2) is 6.89. The predicted molar refractivity (Wildman–Crippen MR) is 80.6 cm³/mol. The molecule has 1 aromatic heterocycles. The molecule has 0 radical (unpaired) electrons. The number of nitrogens with one attached hydrogen (secondary N) is 2. The third-order valence-corrected chi connectivity index (χ3v) is 4.76. The summed E-state index contributed by atoms with van der Waals surface area (Å²) in [4.78, 5) is 26.8. The highest BCUT2D eigenvalue weighted by molar-refractivity contribution is 7.09. The molecule has 116 valence electrons. The Morgan fingerprint density at radius 3 is 2.86 bits per heavy atom. The van der Waals surface area contributed by atoms with Crippen LogP contribution < -0.4 is 10.6 Å². The van der Waals surface area contributed by atoms with Gasteiger partial charge >= 0.3 is 12.0 Å². The van der Waals surface area contributed by atoms with Crippen LogP contribution in [-0.4, -0.2) is 28.1 Å². The van der Waals surface area contributed by atoms with Crippen molar-refractivity contribution in [2.75, 3.05) is 0 Å². The van der Waals surface area contributed by atoms with E-state index in [0.29, 0.717) is 10.9 Å². The number of carboxylic acids is 1. The number of aromatic nitrogens is 1. The first kappa shape index (κ1) is 15.8. The molecule has 1 saturated carbocycles. The topological polar surface area (TPSA) is 91.3 Å². The molecular weight excluding hydrogens is 290 g/mol. The Morgan fingerprint density at radius 2 is 2.24 bits per heavy atom. The maximum atomic E-state index is 12.0. The average Bonchev–Trinajstić information content (AvgIpc) is 2.88. The summed E-state index contributed by atoms with van der Waals surface area (Å²) in [5.74, 6) is -0.399. The highest BCUT2D eigenvalue weighted by Crippen LogP contribution is 2.23. The number of hydrogen-bond donors (Lipinski definition) is 3. The van der Waals surface area contributed by atoms with Gasteiger partial charge < -0.3 is 15.7 Å². The molecule has 3 N–H and O–H groups in total. The van der Waals surface area contributed by atoms with E-state index in [1.165, 1.54) is 23.1 Å². The van der Waals surface area contributed by atoms with E-state index < -0.39 is 5.97 Å². The highest BCUT2D eigenvalue weighted by Gasteiger charge is 2.22. The molecule has 7 heteroatoms. The van der Waals surface area contributed by atoms with Gasteiger partial charge in [0.15, 0.2) is 5.69 Å². The number of hydrogen-bond acceptors (Lipinski definition) is 4. The zero-order valence-electron chi connectivity index (χ0n) is 12.3. The minimum absolute atomic E-state index is 0.0187. The maximum absolute atomic E-state index is 12.0. The molecule has 1 heterocycles. The van der Waals surface area contributed by atoms with Gasteiger partial charge in [0.1, 0.15) is 5.01 Å². The van der Waals surface area contributed by atoms with E-state index in [2.05, 4.69) is 22.5 Å². The number of carbonyl (C=O) groups excluding carboxylic acids is 1. The molecule has 3 atom stereocenters. The van der Waals surface area contributed by atoms with Crippen molar-refractivity contribution in [2.24, 2.45) is 5.92 Å². The van der Waals surface area contributed by atoms with Gasteiger partial charge in [-0.05, 0) is 25.7 Å². The molecule has 2 rings (SSSR count). The summed E-state index contributed by atoms with van der Waals surface area (Å²) in [6.45, 7) is 4.00. The molecule has 0 aromatic carbocycles. The van der Waals surface area contributed by atoms with Gasteiger partial charge in [-0.3, -0.25) is 0 Å². The number of rotatable bonds is 4. The van der Waals surface area contributed by atoms with E-state index >= 15 is 0 Å². The molecule has 0 saturated heterocycles. The summed E-state index contributed by atoms with van der Waals surface area (Å²) >= 11 is 1.24. The molecule has 6 nitrogen and oxygen atoms in total. The smallest absolute Gasteiger partial charge is 0.355 e. The Morgan fingerprint density at radius 1 is 1.48 bits per heavy atom. The molecule has 0 aliphatic heterocycles. The summed E-state index contributed by atoms with van der Waals surface area (Å²) in [5.41, 5.74) is 0.0187. The summed E-state index contributed by atoms with van der Waals surface area (Å²) in [5, 5.41) is 16.7. The largest absolute Gasteiger partial charge is 0.476 e. The van der Waals surface area contributed by atoms with E-state index in [0.717, 1.165) is 19.3 Å². The van der Waals surface area contributed by atoms with Crippen LogP contribution in [0, 0.1) is 5.92 Å². The lowest BCUT2D eigenvalue weighted by Gasteiger charge is -2.27. The molecule has 1 aliphatic rings. The van der Waals surface area contributed by atoms with Crippen molar-refractivity contribution >= 4 is 23.3 Å². The molecule has 0 bridgehead atoms. The van der Waals surface area contributed by atoms with Crippen molar-refractivity contribution in [3.63, 3.8) is 0 Å². The van der Waals surface area contributed by atoms with Gasteiger partial charge in [-0.1, -0.05) is 19.8 Å². The van der Waals surface area contributed by atoms with Crippen LogP contribution in [0.2, 0.25) is 0 Å². The SMILES string of the molecule is CC1CCCC(NC(=O)NC(C)c2nc(C(=O)O)cs2)C1. The first-order valence-electron chi connectivity index (χ1n) is 7.21. The second-order valence-corrected chi connectivity index (χ2v) is 6.57. The van der Waals surface area contributed by atoms with Crippen LogP contribution in [0.25, 0.3) is 0 Å². The van der Waals surface area contributed by atoms with Crippen molar-refractivity contribution < 1.29 is 14.7 Å². The summed E-state index contributed by atoms with van der Waals surface area (Å²) in [6.07, 6.45) is 4.41. The Bertz CT molecular complexity index is 517. The molecule has 0 spiro atoms. The van der Waals surface area contributed by atoms with Gasteiger partial charge in [0, 0.05) is 11.4 Å². The molecule has 21 heavy (non-hydrogen) atoms. The zero-order valence-corrected chi connectivity index (χ0v) is 13.1. The van der Waals surface area contributed by atoms with Crippen molar-refractivity contribution in [3.8, 4) is 0 Å². The van der Waals surface area contributed by atoms with E-state index in [9.17, 15) is 9.59 Å². The minimum atomic E-state index is -1.05. The van der Waals surface area contributed by atoms with E-state index in [1.807, 2.05) is 0 Å². The van der Waals surface area contributed by atoms with Crippen LogP contribution >= 0.6 is 11.3 Å². The molecule has 1 aliphatic carbocycles. The van der Waals surface area contributed by atoms with Crippen LogP contribution in [0.5, 0.6) is 0 Å². The standard InChI is InChI=1S/C14H21N3O3S/c1-8-4-3-5-10(6-8)16-14(20)15-9(2)12-17-11(7-21-12)13(18)19/h7-10H,3-6H2,1-2H3,(H,18,19)(H2,15,16,20). The summed E-state index contributed by atoms with van der Waals surface area (Å²) in [6, 6.07) is -0.287. The second-order valence-electron chi connectivity index (χ2n) is 5.68. The van der Waals surface area contributed by atoms with Crippen molar-refractivity contribution in [1.82, 2.24) is 15.6 Å². The third-order valence-electron chi connectivity index (χ3n) is 3.73. The van der Waals surface area contributed by atoms with Gasteiger partial charge in [-0.2, -0.15) is 0 Å². The quantitative estimate of drug-likeness (QED) is 0.797. The number of thiazole rings is 1. The Balaban J connectivity index is 1.85. The first-order valence-corrected chi connectivity index (χ1v) is 8.09. The fourth-order valence-corrected chi connectivity index (χ4v) is 3.44. The Kier molecular flexibility index (Phi) is 5.17. The summed E-state index contributed by atoms with van der Waals surface area (Å²) in [7, 11) is 0. The Labute approximate surface area is 128 Å². The van der Waals surface area contributed by atoms with Crippen LogP contribution in [0.1, 0.15) is 61.1 Å². The molecule has 3 unspecified atom stereocenters. The van der Waals surface area contributed by atoms with Crippen LogP contribution in [-0.2, 0) is 0 Å². The van der Waals surface area contributed by atoms with E-state index in [-0.39, 0.29) is 23.8 Å². The fourth-order valence-electron chi connectivity index (χ4n) is 2.64. The number of aromatic carboxylic acids is 1. The van der Waals surface area contributed by atoms with Gasteiger partial charge in [-0.25, -0.2) is 14.6 Å². The van der Waals surface area contributed by atoms with E-state index in [4.69, 9.17) is 5.11 Å². The maximum Gasteiger partial charge on any atom is 0.355 e. The van der Waals surface area contributed by atoms with Gasteiger partial charge in [-0.15, -0.1) is 11.3 Å². The normalized spacial score (nSPS) is 23.3. The van der Waals surface area contributed by atoms with Gasteiger partial charge in [0.25, 0.3) is 0 Å². The summed E-state index contributed by atoms with van der Waals surface area (Å²) < 4.78 is 0. The lowest BCUT2D eigenvalue weighted by atomic mass is 9.87. The van der Waals surface area contributed by atoms with Gasteiger partial charge in [0.2, 0.25) is 0 Å². The van der Waals surface area contributed by atoms with Crippen LogP contribution in [0.3, 0.4) is 0 Å². The van der Waals surface area contributed by atoms with Gasteiger partial charge in [0.05, 0.1) is 6.04 Å². The third kappa shape index (κ3) is 4.42. The first-order chi connectivity index (χ1) is 9.95. The van der Waals surface area contributed by atoms with Crippen LogP contribution in [0.15, 0.2) is 5.38 Å². The van der Waals surface area contributed by atoms with E-state index in [1.54, 1.807) is 6.92 Å². The number of nitrogens with zero attached hydrogens (tertiary/aromatic N) is 1. The highest BCUT2D eigenvalue weighted by atomic mass is 32.1. The molecule has 1 fully saturated rings. The number of urea groups is 1. The molecular formula is C14H21N3O3S. The minimum Gasteiger partial charge on any atom is -0.476 e. The number of carboxylic acid groups (broad SMARTS) is 1. The average molecular weight is 311 g/mol. The fraction of sp³-hybridized carbons (Fsp3) is 0.643. The lowest BCUT2D eigenvalue weighted by molar-refractivity contribution is 0.0691. The molecule has 2 amide bonds. The predicted octanol–water partition coefficient (Wildman–Crippen LogP) is 2.78. The van der Waals surface area contributed by atoms with Crippen molar-refractivity contribution in [1.29, 1.82) is 0 Å². The number of amides is 2. The number of carbonyl (C=O) groups is 2. The van der Waals surface area contributed by atoms with Crippen LogP contribution in [0.4, 0.5) is 4.79 Å². The molecule has 1 aromatic rings.